The van der Waals surface area contributed by atoms with E-state index in [2.05, 4.69) is 26.2 Å². The van der Waals surface area contributed by atoms with Crippen LogP contribution in [-0.4, -0.2) is 28.5 Å². The lowest BCUT2D eigenvalue weighted by atomic mass is 10.2. The molecule has 1 aliphatic heterocycles. The minimum Gasteiger partial charge on any atom is -0.355 e. The van der Waals surface area contributed by atoms with Crippen molar-refractivity contribution in [3.8, 4) is 0 Å². The van der Waals surface area contributed by atoms with Crippen LogP contribution < -0.4 is 10.2 Å². The van der Waals surface area contributed by atoms with Crippen LogP contribution in [0.3, 0.4) is 0 Å². The highest BCUT2D eigenvalue weighted by Crippen LogP contribution is 2.28. The summed E-state index contributed by atoms with van der Waals surface area (Å²) in [5.74, 6) is 1.23. The molecule has 0 radical (unpaired) electrons. The van der Waals surface area contributed by atoms with Crippen molar-refractivity contribution in [2.75, 3.05) is 18.0 Å². The van der Waals surface area contributed by atoms with Crippen LogP contribution in [0, 0.1) is 0 Å². The monoisotopic (exact) mass is 290 g/mol. The lowest BCUT2D eigenvalue weighted by molar-refractivity contribution is 0.665. The van der Waals surface area contributed by atoms with Crippen molar-refractivity contribution in [3.05, 3.63) is 17.3 Å². The van der Waals surface area contributed by atoms with Crippen molar-refractivity contribution in [1.82, 2.24) is 14.7 Å². The van der Waals surface area contributed by atoms with Crippen LogP contribution in [0.5, 0.6) is 0 Å². The van der Waals surface area contributed by atoms with Gasteiger partial charge in [-0.1, -0.05) is 12.8 Å². The number of nitrogens with zero attached hydrogens (tertiary/aromatic N) is 3. The van der Waals surface area contributed by atoms with Crippen LogP contribution in [-0.2, 0) is 6.54 Å². The number of imidazole rings is 1. The molecule has 0 amide bonds. The lowest BCUT2D eigenvalue weighted by Gasteiger charge is -2.21. The largest absolute Gasteiger partial charge is 0.355 e. The van der Waals surface area contributed by atoms with Crippen LogP contribution >= 0.6 is 11.3 Å². The van der Waals surface area contributed by atoms with Gasteiger partial charge in [0.15, 0.2) is 10.8 Å². The molecule has 2 aliphatic rings. The van der Waals surface area contributed by atoms with Gasteiger partial charge in [-0.05, 0) is 25.7 Å². The number of anilines is 1. The summed E-state index contributed by atoms with van der Waals surface area (Å²) in [4.78, 5) is 8.55. The number of thiazole rings is 1. The van der Waals surface area contributed by atoms with E-state index in [0.29, 0.717) is 0 Å². The Morgan fingerprint density at radius 3 is 2.75 bits per heavy atom. The summed E-state index contributed by atoms with van der Waals surface area (Å²) < 4.78 is 2.28. The smallest absolute Gasteiger partial charge is 0.195 e. The first-order chi connectivity index (χ1) is 9.92. The van der Waals surface area contributed by atoms with Crippen molar-refractivity contribution < 1.29 is 0 Å². The number of hydrogen-bond donors (Lipinski definition) is 1. The van der Waals surface area contributed by atoms with Gasteiger partial charge >= 0.3 is 0 Å². The Morgan fingerprint density at radius 1 is 1.20 bits per heavy atom. The second-order valence-electron chi connectivity index (χ2n) is 5.99. The number of nitrogens with one attached hydrogen (secondary N) is 1. The van der Waals surface area contributed by atoms with Gasteiger partial charge in [-0.25, -0.2) is 4.98 Å². The molecule has 3 heterocycles. The SMILES string of the molecule is c1cn2c(CNC3CC3)c(N3CCCCCC3)nc2s1. The summed E-state index contributed by atoms with van der Waals surface area (Å²) in [7, 11) is 0. The molecule has 5 heteroatoms. The lowest BCUT2D eigenvalue weighted by Crippen LogP contribution is -2.27. The summed E-state index contributed by atoms with van der Waals surface area (Å²) in [5.41, 5.74) is 1.36. The van der Waals surface area contributed by atoms with Crippen LogP contribution in [0.1, 0.15) is 44.2 Å². The van der Waals surface area contributed by atoms with E-state index in [9.17, 15) is 0 Å². The minimum atomic E-state index is 0.746. The first kappa shape index (κ1) is 12.7. The molecule has 108 valence electrons. The summed E-state index contributed by atoms with van der Waals surface area (Å²) in [6.45, 7) is 3.29. The first-order valence-corrected chi connectivity index (χ1v) is 8.72. The standard InChI is InChI=1S/C15H22N4S/c1-2-4-8-18(7-3-1)14-13(11-16-12-5-6-12)19-9-10-20-15(19)17-14/h9-10,12,16H,1-8,11H2. The second kappa shape index (κ2) is 5.37. The Kier molecular flexibility index (Phi) is 3.40. The normalized spacial score (nSPS) is 20.5. The van der Waals surface area contributed by atoms with Crippen molar-refractivity contribution in [1.29, 1.82) is 0 Å². The van der Waals surface area contributed by atoms with E-state index in [1.54, 1.807) is 11.3 Å². The van der Waals surface area contributed by atoms with E-state index >= 15 is 0 Å². The van der Waals surface area contributed by atoms with Gasteiger partial charge in [0.1, 0.15) is 0 Å². The third kappa shape index (κ3) is 2.44. The molecule has 0 unspecified atom stereocenters. The molecule has 1 saturated heterocycles. The van der Waals surface area contributed by atoms with Gasteiger partial charge in [0.2, 0.25) is 0 Å². The zero-order valence-corrected chi connectivity index (χ0v) is 12.7. The van der Waals surface area contributed by atoms with Gasteiger partial charge in [-0.15, -0.1) is 11.3 Å². The molecule has 0 bridgehead atoms. The Balaban J connectivity index is 1.64. The zero-order valence-electron chi connectivity index (χ0n) is 11.8. The van der Waals surface area contributed by atoms with Crippen molar-refractivity contribution in [2.45, 2.75) is 51.1 Å². The highest BCUT2D eigenvalue weighted by Gasteiger charge is 2.24. The third-order valence-corrected chi connectivity index (χ3v) is 5.14. The topological polar surface area (TPSA) is 32.6 Å². The molecule has 1 saturated carbocycles. The van der Waals surface area contributed by atoms with Crippen LogP contribution in [0.15, 0.2) is 11.6 Å². The molecule has 20 heavy (non-hydrogen) atoms. The summed E-state index contributed by atoms with van der Waals surface area (Å²) in [6.07, 6.45) is 10.2. The number of hydrogen-bond acceptors (Lipinski definition) is 4. The predicted octanol–water partition coefficient (Wildman–Crippen LogP) is 3.03. The van der Waals surface area contributed by atoms with E-state index in [1.807, 2.05) is 0 Å². The van der Waals surface area contributed by atoms with E-state index in [0.717, 1.165) is 17.5 Å². The summed E-state index contributed by atoms with van der Waals surface area (Å²) in [5, 5.41) is 5.79. The quantitative estimate of drug-likeness (QED) is 0.939. The highest BCUT2D eigenvalue weighted by atomic mass is 32.1. The Hall–Kier alpha value is -1.07. The van der Waals surface area contributed by atoms with Gasteiger partial charge in [-0.3, -0.25) is 4.40 Å². The van der Waals surface area contributed by atoms with Crippen molar-refractivity contribution in [2.24, 2.45) is 0 Å². The zero-order chi connectivity index (χ0) is 13.4. The molecule has 2 aromatic rings. The van der Waals surface area contributed by atoms with E-state index in [-0.39, 0.29) is 0 Å². The van der Waals surface area contributed by atoms with E-state index in [1.165, 1.54) is 63.1 Å². The van der Waals surface area contributed by atoms with Gasteiger partial charge in [0.25, 0.3) is 0 Å². The summed E-state index contributed by atoms with van der Waals surface area (Å²) in [6, 6.07) is 0.746. The van der Waals surface area contributed by atoms with Crippen LogP contribution in [0.2, 0.25) is 0 Å². The maximum absolute atomic E-state index is 4.90. The highest BCUT2D eigenvalue weighted by molar-refractivity contribution is 7.15. The molecule has 4 rings (SSSR count). The van der Waals surface area contributed by atoms with Crippen LogP contribution in [0.25, 0.3) is 4.96 Å². The maximum atomic E-state index is 4.90. The average Bonchev–Trinajstić information content (AvgIpc) is 3.15. The molecule has 0 aromatic carbocycles. The fourth-order valence-corrected chi connectivity index (χ4v) is 3.78. The molecular weight excluding hydrogens is 268 g/mol. The molecule has 1 aliphatic carbocycles. The van der Waals surface area contributed by atoms with Gasteiger partial charge < -0.3 is 10.2 Å². The van der Waals surface area contributed by atoms with Gasteiger partial charge in [0, 0.05) is 37.3 Å². The molecular formula is C15H22N4S. The molecule has 1 N–H and O–H groups in total. The molecule has 2 aromatic heterocycles. The van der Waals surface area contributed by atoms with Crippen molar-refractivity contribution >= 4 is 22.1 Å². The van der Waals surface area contributed by atoms with Gasteiger partial charge in [-0.2, -0.15) is 0 Å². The molecule has 2 fully saturated rings. The summed E-state index contributed by atoms with van der Waals surface area (Å²) >= 11 is 1.74. The Morgan fingerprint density at radius 2 is 2.00 bits per heavy atom. The predicted molar refractivity (Wildman–Crippen MR) is 83.6 cm³/mol. The molecule has 0 spiro atoms. The Labute approximate surface area is 123 Å². The maximum Gasteiger partial charge on any atom is 0.195 e. The third-order valence-electron chi connectivity index (χ3n) is 4.38. The van der Waals surface area contributed by atoms with Crippen LogP contribution in [0.4, 0.5) is 5.82 Å². The number of rotatable bonds is 4. The first-order valence-electron chi connectivity index (χ1n) is 7.84. The molecule has 4 nitrogen and oxygen atoms in total. The van der Waals surface area contributed by atoms with E-state index < -0.39 is 0 Å². The fourth-order valence-electron chi connectivity index (χ4n) is 3.05. The Bertz CT molecular complexity index is 576. The minimum absolute atomic E-state index is 0.746. The van der Waals surface area contributed by atoms with Crippen molar-refractivity contribution in [3.63, 3.8) is 0 Å². The molecule has 0 atom stereocenters. The van der Waals surface area contributed by atoms with Gasteiger partial charge in [0.05, 0.1) is 5.69 Å². The number of fused-ring (bicyclic) bond motifs is 1. The van der Waals surface area contributed by atoms with E-state index in [4.69, 9.17) is 4.98 Å². The second-order valence-corrected chi connectivity index (χ2v) is 6.87. The number of aromatic nitrogens is 2. The average molecular weight is 290 g/mol. The fraction of sp³-hybridized carbons (Fsp3) is 0.667.